The molecule has 6 heteroatoms. The number of aliphatic carboxylic acids is 1. The number of hydrogen-bond acceptors (Lipinski definition) is 3. The van der Waals surface area contributed by atoms with E-state index in [1.807, 2.05) is 0 Å². The van der Waals surface area contributed by atoms with Crippen molar-refractivity contribution >= 4 is 5.97 Å². The molecule has 0 aromatic rings. The van der Waals surface area contributed by atoms with Crippen LogP contribution in [0.3, 0.4) is 0 Å². The van der Waals surface area contributed by atoms with Crippen molar-refractivity contribution in [3.8, 4) is 0 Å². The van der Waals surface area contributed by atoms with Crippen LogP contribution in [0.1, 0.15) is 161 Å². The van der Waals surface area contributed by atoms with Crippen molar-refractivity contribution in [2.75, 3.05) is 0 Å². The second-order valence-electron chi connectivity index (χ2n) is 14.9. The number of aliphatic hydroxyl groups excluding tert-OH is 1. The summed E-state index contributed by atoms with van der Waals surface area (Å²) in [6.45, 7) is 0. The zero-order valence-electron chi connectivity index (χ0n) is 26.4. The Morgan fingerprint density at radius 1 is 0.619 bits per heavy atom. The average molecular weight is 597 g/mol. The molecular formula is C36H62F2O4. The molecular weight excluding hydrogens is 534 g/mol. The van der Waals surface area contributed by atoms with Gasteiger partial charge in [-0.1, -0.05) is 122 Å². The first-order valence-electron chi connectivity index (χ1n) is 18.2. The standard InChI is InChI=1S/C36H62F2O4/c37-30-22-28(20-26-16-12-8-4-1-2-5-9-13-17-26)21-29(34-36(41)42-34)24-33(38)31(32(25-30)35(39)40)23-27-18-14-10-6-3-7-11-15-19-27/h26-34,36,41H,1-25H2,(H,39,40). The van der Waals surface area contributed by atoms with Crippen LogP contribution in [0.4, 0.5) is 8.78 Å². The lowest BCUT2D eigenvalue weighted by atomic mass is 9.70. The molecule has 1 heterocycles. The van der Waals surface area contributed by atoms with Crippen LogP contribution in [0, 0.1) is 35.5 Å². The molecule has 4 fully saturated rings. The minimum absolute atomic E-state index is 0.0679. The Morgan fingerprint density at radius 2 is 1.07 bits per heavy atom. The molecule has 4 aliphatic rings. The van der Waals surface area contributed by atoms with Crippen molar-refractivity contribution < 1.29 is 28.5 Å². The second kappa shape index (κ2) is 18.3. The van der Waals surface area contributed by atoms with E-state index in [1.165, 1.54) is 96.3 Å². The van der Waals surface area contributed by atoms with Gasteiger partial charge in [-0.15, -0.1) is 0 Å². The summed E-state index contributed by atoms with van der Waals surface area (Å²) in [5.41, 5.74) is 0. The third-order valence-electron chi connectivity index (χ3n) is 11.5. The van der Waals surface area contributed by atoms with Crippen molar-refractivity contribution in [1.29, 1.82) is 0 Å². The first-order chi connectivity index (χ1) is 20.4. The number of aliphatic hydroxyl groups is 1. The van der Waals surface area contributed by atoms with E-state index in [2.05, 4.69) is 0 Å². The van der Waals surface area contributed by atoms with Crippen molar-refractivity contribution in [2.24, 2.45) is 35.5 Å². The molecule has 0 aromatic carbocycles. The number of carboxylic acid groups (broad SMARTS) is 1. The highest BCUT2D eigenvalue weighted by atomic mass is 19.1. The zero-order valence-corrected chi connectivity index (χ0v) is 26.4. The SMILES string of the molecule is O=C(O)C1CC(F)CC(CC2CCCCCCCCCC2)CC(C2OC2O)CC(F)C1CC1CCCCCCCCC1. The van der Waals surface area contributed by atoms with Gasteiger partial charge in [-0.3, -0.25) is 4.79 Å². The van der Waals surface area contributed by atoms with Crippen LogP contribution in [0.5, 0.6) is 0 Å². The topological polar surface area (TPSA) is 70.1 Å². The number of epoxide rings is 1. The molecule has 0 radical (unpaired) electrons. The van der Waals surface area contributed by atoms with Gasteiger partial charge in [0, 0.05) is 5.92 Å². The Hall–Kier alpha value is -0.750. The van der Waals surface area contributed by atoms with Gasteiger partial charge in [-0.2, -0.15) is 0 Å². The molecule has 244 valence electrons. The smallest absolute Gasteiger partial charge is 0.306 e. The monoisotopic (exact) mass is 596 g/mol. The van der Waals surface area contributed by atoms with Gasteiger partial charge in [0.15, 0.2) is 6.29 Å². The highest BCUT2D eigenvalue weighted by Gasteiger charge is 2.48. The van der Waals surface area contributed by atoms with Crippen molar-refractivity contribution in [3.05, 3.63) is 0 Å². The van der Waals surface area contributed by atoms with Gasteiger partial charge >= 0.3 is 5.97 Å². The number of halogens is 2. The van der Waals surface area contributed by atoms with Crippen molar-refractivity contribution in [2.45, 2.75) is 185 Å². The Labute approximate surface area is 255 Å². The molecule has 0 spiro atoms. The summed E-state index contributed by atoms with van der Waals surface area (Å²) in [6.07, 6.45) is 21.9. The van der Waals surface area contributed by atoms with Crippen LogP contribution < -0.4 is 0 Å². The molecule has 2 N–H and O–H groups in total. The van der Waals surface area contributed by atoms with E-state index in [0.29, 0.717) is 31.1 Å². The highest BCUT2D eigenvalue weighted by molar-refractivity contribution is 5.70. The number of alkyl halides is 2. The van der Waals surface area contributed by atoms with E-state index in [9.17, 15) is 15.0 Å². The minimum atomic E-state index is -1.31. The molecule has 0 bridgehead atoms. The molecule has 3 saturated carbocycles. The van der Waals surface area contributed by atoms with Crippen LogP contribution >= 0.6 is 0 Å². The Balaban J connectivity index is 1.48. The van der Waals surface area contributed by atoms with Gasteiger partial charge in [-0.25, -0.2) is 8.78 Å². The van der Waals surface area contributed by atoms with E-state index in [0.717, 1.165) is 32.1 Å². The maximum atomic E-state index is 16.5. The summed E-state index contributed by atoms with van der Waals surface area (Å²) in [5, 5.41) is 20.6. The number of hydrogen-bond donors (Lipinski definition) is 2. The summed E-state index contributed by atoms with van der Waals surface area (Å²) < 4.78 is 37.9. The van der Waals surface area contributed by atoms with Crippen molar-refractivity contribution in [1.82, 2.24) is 0 Å². The van der Waals surface area contributed by atoms with Crippen LogP contribution in [0.15, 0.2) is 0 Å². The fourth-order valence-corrected chi connectivity index (χ4v) is 9.05. The van der Waals surface area contributed by atoms with Gasteiger partial charge in [0.25, 0.3) is 0 Å². The second-order valence-corrected chi connectivity index (χ2v) is 14.9. The van der Waals surface area contributed by atoms with Gasteiger partial charge < -0.3 is 14.9 Å². The van der Waals surface area contributed by atoms with E-state index in [-0.39, 0.29) is 24.7 Å². The van der Waals surface area contributed by atoms with Gasteiger partial charge in [0.1, 0.15) is 18.4 Å². The predicted octanol–water partition coefficient (Wildman–Crippen LogP) is 9.95. The third kappa shape index (κ3) is 11.6. The fraction of sp³-hybridized carbons (Fsp3) is 0.972. The Kier molecular flexibility index (Phi) is 14.9. The quantitative estimate of drug-likeness (QED) is 0.299. The van der Waals surface area contributed by atoms with Crippen LogP contribution in [-0.4, -0.2) is 40.9 Å². The first-order valence-corrected chi connectivity index (χ1v) is 18.2. The fourth-order valence-electron chi connectivity index (χ4n) is 9.05. The average Bonchev–Trinajstić information content (AvgIpc) is 3.70. The molecule has 8 unspecified atom stereocenters. The summed E-state index contributed by atoms with van der Waals surface area (Å²) in [4.78, 5) is 12.6. The number of rotatable bonds is 6. The molecule has 3 aliphatic carbocycles. The molecule has 8 atom stereocenters. The van der Waals surface area contributed by atoms with Crippen LogP contribution in [0.2, 0.25) is 0 Å². The molecule has 1 aliphatic heterocycles. The molecule has 4 rings (SSSR count). The van der Waals surface area contributed by atoms with Crippen molar-refractivity contribution in [3.63, 3.8) is 0 Å². The molecule has 0 amide bonds. The number of carbonyl (C=O) groups is 1. The van der Waals surface area contributed by atoms with Gasteiger partial charge in [0.05, 0.1) is 5.92 Å². The van der Waals surface area contributed by atoms with E-state index < -0.39 is 42.5 Å². The molecule has 4 nitrogen and oxygen atoms in total. The highest BCUT2D eigenvalue weighted by Crippen LogP contribution is 2.45. The lowest BCUT2D eigenvalue weighted by molar-refractivity contribution is -0.146. The lowest BCUT2D eigenvalue weighted by Gasteiger charge is -2.36. The first kappa shape index (κ1) is 34.1. The number of carboxylic acids is 1. The van der Waals surface area contributed by atoms with Gasteiger partial charge in [-0.05, 0) is 62.2 Å². The summed E-state index contributed by atoms with van der Waals surface area (Å²) in [6, 6.07) is 0. The van der Waals surface area contributed by atoms with Crippen LogP contribution in [0.25, 0.3) is 0 Å². The summed E-state index contributed by atoms with van der Waals surface area (Å²) in [5.74, 6) is -1.96. The minimum Gasteiger partial charge on any atom is -0.481 e. The summed E-state index contributed by atoms with van der Waals surface area (Å²) >= 11 is 0. The van der Waals surface area contributed by atoms with E-state index in [1.54, 1.807) is 0 Å². The lowest BCUT2D eigenvalue weighted by Crippen LogP contribution is -2.38. The maximum Gasteiger partial charge on any atom is 0.306 e. The van der Waals surface area contributed by atoms with Gasteiger partial charge in [0.2, 0.25) is 0 Å². The molecule has 0 aromatic heterocycles. The summed E-state index contributed by atoms with van der Waals surface area (Å²) in [7, 11) is 0. The normalized spacial score (nSPS) is 38.2. The Morgan fingerprint density at radius 3 is 1.52 bits per heavy atom. The maximum absolute atomic E-state index is 16.5. The predicted molar refractivity (Wildman–Crippen MR) is 165 cm³/mol. The van der Waals surface area contributed by atoms with E-state index >= 15 is 8.78 Å². The van der Waals surface area contributed by atoms with Crippen LogP contribution in [-0.2, 0) is 9.53 Å². The zero-order chi connectivity index (χ0) is 29.7. The third-order valence-corrected chi connectivity index (χ3v) is 11.5. The van der Waals surface area contributed by atoms with E-state index in [4.69, 9.17) is 4.74 Å². The molecule has 1 saturated heterocycles. The number of ether oxygens (including phenoxy) is 1. The Bertz CT molecular complexity index is 743. The molecule has 42 heavy (non-hydrogen) atoms. The largest absolute Gasteiger partial charge is 0.481 e.